The lowest BCUT2D eigenvalue weighted by Gasteiger charge is -2.18. The standard InChI is InChI=1S/C21H25N3O2/c1-16-8-10-17(11-9-16)13-22-21(26)23-14-18-5-2-3-6-19(18)15-24-12-4-7-20(24)25/h2-3,5-6,8-11H,4,7,12-15H2,1H3,(H2,22,23,26). The molecule has 3 amide bonds. The zero-order chi connectivity index (χ0) is 18.4. The summed E-state index contributed by atoms with van der Waals surface area (Å²) in [6.45, 7) is 4.41. The molecule has 1 aliphatic heterocycles. The van der Waals surface area contributed by atoms with Crippen molar-refractivity contribution >= 4 is 11.9 Å². The fourth-order valence-corrected chi connectivity index (χ4v) is 3.09. The minimum Gasteiger partial charge on any atom is -0.338 e. The van der Waals surface area contributed by atoms with Crippen LogP contribution in [0.1, 0.15) is 35.1 Å². The average Bonchev–Trinajstić information content (AvgIpc) is 3.05. The van der Waals surface area contributed by atoms with Crippen molar-refractivity contribution in [1.29, 1.82) is 0 Å². The van der Waals surface area contributed by atoms with Gasteiger partial charge in [-0.25, -0.2) is 4.79 Å². The van der Waals surface area contributed by atoms with E-state index in [2.05, 4.69) is 10.6 Å². The fourth-order valence-electron chi connectivity index (χ4n) is 3.09. The average molecular weight is 351 g/mol. The Kier molecular flexibility index (Phi) is 5.89. The summed E-state index contributed by atoms with van der Waals surface area (Å²) in [5.41, 5.74) is 4.39. The summed E-state index contributed by atoms with van der Waals surface area (Å²) in [4.78, 5) is 25.8. The smallest absolute Gasteiger partial charge is 0.315 e. The zero-order valence-electron chi connectivity index (χ0n) is 15.1. The summed E-state index contributed by atoms with van der Waals surface area (Å²) >= 11 is 0. The normalized spacial score (nSPS) is 13.7. The Morgan fingerprint density at radius 1 is 1.00 bits per heavy atom. The number of rotatable bonds is 6. The third-order valence-electron chi connectivity index (χ3n) is 4.66. The minimum atomic E-state index is -0.197. The van der Waals surface area contributed by atoms with E-state index in [1.165, 1.54) is 5.56 Å². The highest BCUT2D eigenvalue weighted by Crippen LogP contribution is 2.17. The molecule has 0 radical (unpaired) electrons. The first kappa shape index (κ1) is 18.0. The summed E-state index contributed by atoms with van der Waals surface area (Å²) in [6.07, 6.45) is 1.57. The van der Waals surface area contributed by atoms with Crippen LogP contribution in [0, 0.1) is 6.92 Å². The highest BCUT2D eigenvalue weighted by molar-refractivity contribution is 5.78. The van der Waals surface area contributed by atoms with Crippen LogP contribution < -0.4 is 10.6 Å². The second-order valence-electron chi connectivity index (χ2n) is 6.71. The van der Waals surface area contributed by atoms with Crippen molar-refractivity contribution in [2.45, 2.75) is 39.4 Å². The zero-order valence-corrected chi connectivity index (χ0v) is 15.1. The van der Waals surface area contributed by atoms with E-state index in [9.17, 15) is 9.59 Å². The Bertz CT molecular complexity index is 771. The van der Waals surface area contributed by atoms with Gasteiger partial charge in [0.2, 0.25) is 5.91 Å². The first-order valence-electron chi connectivity index (χ1n) is 9.03. The predicted molar refractivity (Wildman–Crippen MR) is 101 cm³/mol. The van der Waals surface area contributed by atoms with Gasteiger partial charge in [-0.05, 0) is 30.0 Å². The molecule has 2 N–H and O–H groups in total. The molecule has 3 rings (SSSR count). The molecule has 136 valence electrons. The molecular formula is C21H25N3O2. The SMILES string of the molecule is Cc1ccc(CNC(=O)NCc2ccccc2CN2CCCC2=O)cc1. The highest BCUT2D eigenvalue weighted by atomic mass is 16.2. The Morgan fingerprint density at radius 3 is 2.38 bits per heavy atom. The van der Waals surface area contributed by atoms with Gasteiger partial charge in [-0.2, -0.15) is 0 Å². The van der Waals surface area contributed by atoms with Gasteiger partial charge in [0, 0.05) is 32.6 Å². The lowest BCUT2D eigenvalue weighted by atomic mass is 10.1. The number of carbonyl (C=O) groups excluding carboxylic acids is 2. The molecule has 0 spiro atoms. The summed E-state index contributed by atoms with van der Waals surface area (Å²) < 4.78 is 0. The van der Waals surface area contributed by atoms with Gasteiger partial charge in [-0.15, -0.1) is 0 Å². The van der Waals surface area contributed by atoms with Crippen LogP contribution in [0.15, 0.2) is 48.5 Å². The maximum absolute atomic E-state index is 12.1. The predicted octanol–water partition coefficient (Wildman–Crippen LogP) is 3.12. The number of benzene rings is 2. The fraction of sp³-hybridized carbons (Fsp3) is 0.333. The van der Waals surface area contributed by atoms with Crippen LogP contribution in [0.2, 0.25) is 0 Å². The van der Waals surface area contributed by atoms with Crippen LogP contribution in [0.5, 0.6) is 0 Å². The minimum absolute atomic E-state index is 0.197. The van der Waals surface area contributed by atoms with E-state index < -0.39 is 0 Å². The third-order valence-corrected chi connectivity index (χ3v) is 4.66. The molecule has 1 aliphatic rings. The highest BCUT2D eigenvalue weighted by Gasteiger charge is 2.20. The van der Waals surface area contributed by atoms with Crippen molar-refractivity contribution in [2.75, 3.05) is 6.54 Å². The first-order chi connectivity index (χ1) is 12.6. The quantitative estimate of drug-likeness (QED) is 0.840. The number of hydrogen-bond acceptors (Lipinski definition) is 2. The Balaban J connectivity index is 1.51. The van der Waals surface area contributed by atoms with E-state index in [0.29, 0.717) is 26.1 Å². The molecule has 26 heavy (non-hydrogen) atoms. The summed E-state index contributed by atoms with van der Waals surface area (Å²) in [7, 11) is 0. The van der Waals surface area contributed by atoms with Crippen molar-refractivity contribution in [3.63, 3.8) is 0 Å². The molecule has 5 nitrogen and oxygen atoms in total. The second-order valence-corrected chi connectivity index (χ2v) is 6.71. The maximum Gasteiger partial charge on any atom is 0.315 e. The van der Waals surface area contributed by atoms with Crippen LogP contribution in [0.3, 0.4) is 0 Å². The maximum atomic E-state index is 12.1. The van der Waals surface area contributed by atoms with Gasteiger partial charge in [0.25, 0.3) is 0 Å². The van der Waals surface area contributed by atoms with E-state index in [-0.39, 0.29) is 11.9 Å². The molecule has 1 heterocycles. The van der Waals surface area contributed by atoms with Crippen molar-refractivity contribution < 1.29 is 9.59 Å². The van der Waals surface area contributed by atoms with Gasteiger partial charge in [0.15, 0.2) is 0 Å². The van der Waals surface area contributed by atoms with Crippen LogP contribution in [0.25, 0.3) is 0 Å². The molecular weight excluding hydrogens is 326 g/mol. The van der Waals surface area contributed by atoms with Gasteiger partial charge in [-0.3, -0.25) is 4.79 Å². The molecule has 1 saturated heterocycles. The molecule has 2 aromatic carbocycles. The van der Waals surface area contributed by atoms with E-state index in [1.54, 1.807) is 0 Å². The number of aryl methyl sites for hydroxylation is 1. The molecule has 5 heteroatoms. The Morgan fingerprint density at radius 2 is 1.69 bits per heavy atom. The van der Waals surface area contributed by atoms with Gasteiger partial charge in [0.1, 0.15) is 0 Å². The van der Waals surface area contributed by atoms with Crippen LogP contribution in [-0.2, 0) is 24.4 Å². The lowest BCUT2D eigenvalue weighted by molar-refractivity contribution is -0.128. The molecule has 0 bridgehead atoms. The van der Waals surface area contributed by atoms with Gasteiger partial charge in [-0.1, -0.05) is 54.1 Å². The topological polar surface area (TPSA) is 61.4 Å². The molecule has 2 aromatic rings. The number of nitrogens with one attached hydrogen (secondary N) is 2. The Hall–Kier alpha value is -2.82. The summed E-state index contributed by atoms with van der Waals surface area (Å²) in [6, 6.07) is 15.8. The largest absolute Gasteiger partial charge is 0.338 e. The summed E-state index contributed by atoms with van der Waals surface area (Å²) in [5.74, 6) is 0.212. The van der Waals surface area contributed by atoms with Crippen molar-refractivity contribution in [3.8, 4) is 0 Å². The van der Waals surface area contributed by atoms with Crippen LogP contribution in [0.4, 0.5) is 4.79 Å². The van der Waals surface area contributed by atoms with Gasteiger partial charge < -0.3 is 15.5 Å². The molecule has 0 atom stereocenters. The number of urea groups is 1. The van der Waals surface area contributed by atoms with Gasteiger partial charge in [0.05, 0.1) is 0 Å². The first-order valence-corrected chi connectivity index (χ1v) is 9.03. The van der Waals surface area contributed by atoms with E-state index in [4.69, 9.17) is 0 Å². The van der Waals surface area contributed by atoms with Crippen molar-refractivity contribution in [1.82, 2.24) is 15.5 Å². The molecule has 1 fully saturated rings. The monoisotopic (exact) mass is 351 g/mol. The van der Waals surface area contributed by atoms with E-state index in [1.807, 2.05) is 60.4 Å². The van der Waals surface area contributed by atoms with Gasteiger partial charge >= 0.3 is 6.03 Å². The third kappa shape index (κ3) is 4.85. The number of likely N-dealkylation sites (tertiary alicyclic amines) is 1. The van der Waals surface area contributed by atoms with Crippen LogP contribution in [-0.4, -0.2) is 23.4 Å². The van der Waals surface area contributed by atoms with Crippen molar-refractivity contribution in [3.05, 3.63) is 70.8 Å². The number of amides is 3. The molecule has 0 aliphatic carbocycles. The molecule has 0 aromatic heterocycles. The second kappa shape index (κ2) is 8.52. The molecule has 0 saturated carbocycles. The number of hydrogen-bond donors (Lipinski definition) is 2. The number of nitrogens with zero attached hydrogens (tertiary/aromatic N) is 1. The van der Waals surface area contributed by atoms with E-state index >= 15 is 0 Å². The Labute approximate surface area is 154 Å². The lowest BCUT2D eigenvalue weighted by Crippen LogP contribution is -2.35. The summed E-state index contributed by atoms with van der Waals surface area (Å²) in [5, 5.41) is 5.78. The van der Waals surface area contributed by atoms with Crippen LogP contribution >= 0.6 is 0 Å². The number of carbonyl (C=O) groups is 2. The van der Waals surface area contributed by atoms with Crippen molar-refractivity contribution in [2.24, 2.45) is 0 Å². The molecule has 0 unspecified atom stereocenters. The van der Waals surface area contributed by atoms with E-state index in [0.717, 1.165) is 29.7 Å².